The van der Waals surface area contributed by atoms with Crippen LogP contribution in [0, 0.1) is 21.4 Å². The first-order valence-electron chi connectivity index (χ1n) is 4.63. The quantitative estimate of drug-likeness (QED) is 0.275. The fraction of sp³-hybridized carbons (Fsp3) is 0.0909. The molecule has 0 aliphatic heterocycles. The van der Waals surface area contributed by atoms with Gasteiger partial charge >= 0.3 is 5.97 Å². The van der Waals surface area contributed by atoms with Crippen molar-refractivity contribution in [1.29, 1.82) is 5.26 Å². The second-order valence-corrected chi connectivity index (χ2v) is 3.54. The summed E-state index contributed by atoms with van der Waals surface area (Å²) in [5.74, 6) is -0.785. The molecule has 1 rings (SSSR count). The highest BCUT2D eigenvalue weighted by molar-refractivity contribution is 6.32. The lowest BCUT2D eigenvalue weighted by molar-refractivity contribution is -0.384. The van der Waals surface area contributed by atoms with Crippen molar-refractivity contribution in [1.82, 2.24) is 0 Å². The molecule has 0 fully saturated rings. The Bertz CT molecular complexity index is 575. The lowest BCUT2D eigenvalue weighted by Crippen LogP contribution is -2.02. The van der Waals surface area contributed by atoms with Gasteiger partial charge in [-0.2, -0.15) is 5.26 Å². The first-order valence-corrected chi connectivity index (χ1v) is 5.01. The van der Waals surface area contributed by atoms with Crippen LogP contribution in [-0.4, -0.2) is 18.0 Å². The van der Waals surface area contributed by atoms with Gasteiger partial charge in [0.1, 0.15) is 16.7 Å². The largest absolute Gasteiger partial charge is 0.465 e. The highest BCUT2D eigenvalue weighted by Crippen LogP contribution is 2.25. The summed E-state index contributed by atoms with van der Waals surface area (Å²) in [6.45, 7) is 0. The van der Waals surface area contributed by atoms with Gasteiger partial charge in [-0.25, -0.2) is 4.79 Å². The van der Waals surface area contributed by atoms with Crippen molar-refractivity contribution in [3.63, 3.8) is 0 Å². The Kier molecular flexibility index (Phi) is 4.40. The molecule has 0 aliphatic rings. The van der Waals surface area contributed by atoms with Gasteiger partial charge in [-0.05, 0) is 23.8 Å². The van der Waals surface area contributed by atoms with Gasteiger partial charge in [0.25, 0.3) is 5.69 Å². The summed E-state index contributed by atoms with van der Waals surface area (Å²) < 4.78 is 4.40. The second-order valence-electron chi connectivity index (χ2n) is 3.13. The van der Waals surface area contributed by atoms with Crippen LogP contribution in [0.25, 0.3) is 6.08 Å². The van der Waals surface area contributed by atoms with Crippen LogP contribution in [0.3, 0.4) is 0 Å². The zero-order valence-electron chi connectivity index (χ0n) is 9.21. The molecular weight excluding hydrogens is 260 g/mol. The number of carbonyl (C=O) groups excluding carboxylic acids is 1. The zero-order chi connectivity index (χ0) is 13.7. The van der Waals surface area contributed by atoms with E-state index in [2.05, 4.69) is 4.74 Å². The second kappa shape index (κ2) is 5.80. The third-order valence-corrected chi connectivity index (χ3v) is 2.31. The molecule has 0 heterocycles. The molecule has 0 atom stereocenters. The molecule has 1 aromatic rings. The third-order valence-electron chi connectivity index (χ3n) is 2.01. The van der Waals surface area contributed by atoms with E-state index in [0.29, 0.717) is 5.56 Å². The van der Waals surface area contributed by atoms with Crippen LogP contribution in [0.5, 0.6) is 0 Å². The van der Waals surface area contributed by atoms with Crippen molar-refractivity contribution in [3.8, 4) is 6.07 Å². The predicted molar refractivity (Wildman–Crippen MR) is 63.7 cm³/mol. The molecular formula is C11H7ClN2O4. The average Bonchev–Trinajstić information content (AvgIpc) is 2.34. The Morgan fingerprint density at radius 2 is 2.28 bits per heavy atom. The summed E-state index contributed by atoms with van der Waals surface area (Å²) in [6, 6.07) is 5.53. The molecule has 0 aromatic heterocycles. The molecule has 6 nitrogen and oxygen atoms in total. The maximum absolute atomic E-state index is 11.2. The van der Waals surface area contributed by atoms with Crippen LogP contribution >= 0.6 is 11.6 Å². The fourth-order valence-electron chi connectivity index (χ4n) is 1.17. The highest BCUT2D eigenvalue weighted by atomic mass is 35.5. The monoisotopic (exact) mass is 266 g/mol. The van der Waals surface area contributed by atoms with Crippen LogP contribution in [0.4, 0.5) is 5.69 Å². The van der Waals surface area contributed by atoms with E-state index in [0.717, 1.165) is 7.11 Å². The van der Waals surface area contributed by atoms with E-state index in [1.807, 2.05) is 0 Å². The minimum absolute atomic E-state index is 0.0732. The van der Waals surface area contributed by atoms with E-state index in [9.17, 15) is 14.9 Å². The molecule has 18 heavy (non-hydrogen) atoms. The number of ether oxygens (including phenoxy) is 1. The van der Waals surface area contributed by atoms with Gasteiger partial charge in [0, 0.05) is 6.07 Å². The van der Waals surface area contributed by atoms with E-state index < -0.39 is 10.9 Å². The molecule has 92 valence electrons. The first kappa shape index (κ1) is 13.7. The van der Waals surface area contributed by atoms with Crippen molar-refractivity contribution < 1.29 is 14.5 Å². The molecule has 0 bridgehead atoms. The van der Waals surface area contributed by atoms with E-state index in [1.165, 1.54) is 24.3 Å². The minimum atomic E-state index is -0.785. The van der Waals surface area contributed by atoms with Crippen LogP contribution in [0.2, 0.25) is 5.02 Å². The number of hydrogen-bond acceptors (Lipinski definition) is 5. The van der Waals surface area contributed by atoms with Gasteiger partial charge < -0.3 is 4.74 Å². The lowest BCUT2D eigenvalue weighted by atomic mass is 10.1. The number of nitro benzene ring substituents is 1. The third kappa shape index (κ3) is 3.06. The minimum Gasteiger partial charge on any atom is -0.465 e. The number of nitriles is 1. The van der Waals surface area contributed by atoms with Gasteiger partial charge in [-0.3, -0.25) is 10.1 Å². The summed E-state index contributed by atoms with van der Waals surface area (Å²) in [7, 11) is 1.15. The van der Waals surface area contributed by atoms with Gasteiger partial charge in [0.05, 0.1) is 12.0 Å². The van der Waals surface area contributed by atoms with Crippen LogP contribution < -0.4 is 0 Å². The Morgan fingerprint density at radius 1 is 1.61 bits per heavy atom. The Morgan fingerprint density at radius 3 is 2.72 bits per heavy atom. The van der Waals surface area contributed by atoms with Crippen molar-refractivity contribution in [3.05, 3.63) is 44.5 Å². The molecule has 1 aromatic carbocycles. The molecule has 0 spiro atoms. The number of hydrogen-bond donors (Lipinski definition) is 0. The molecule has 0 N–H and O–H groups in total. The van der Waals surface area contributed by atoms with Crippen LogP contribution in [0.1, 0.15) is 5.56 Å². The summed E-state index contributed by atoms with van der Waals surface area (Å²) in [5.41, 5.74) is -0.0691. The average molecular weight is 267 g/mol. The molecule has 0 aliphatic carbocycles. The first-order chi connectivity index (χ1) is 8.49. The number of nitro groups is 1. The number of methoxy groups -OCH3 is 1. The predicted octanol–water partition coefficient (Wildman–Crippen LogP) is 2.33. The number of carbonyl (C=O) groups is 1. The standard InChI is InChI=1S/C11H7ClN2O4/c1-18-11(15)8(6-13)4-7-2-3-10(14(16)17)9(12)5-7/h2-5H,1H3. The summed E-state index contributed by atoms with van der Waals surface area (Å²) in [6.07, 6.45) is 1.24. The Labute approximate surface area is 107 Å². The molecule has 0 saturated carbocycles. The number of nitrogens with zero attached hydrogens (tertiary/aromatic N) is 2. The Balaban J connectivity index is 3.17. The number of benzene rings is 1. The SMILES string of the molecule is COC(=O)C(C#N)=Cc1ccc([N+](=O)[O-])c(Cl)c1. The Hall–Kier alpha value is -2.39. The van der Waals surface area contributed by atoms with E-state index in [1.54, 1.807) is 6.07 Å². The molecule has 7 heteroatoms. The van der Waals surface area contributed by atoms with Crippen molar-refractivity contribution in [2.75, 3.05) is 7.11 Å². The van der Waals surface area contributed by atoms with Gasteiger partial charge in [0.2, 0.25) is 0 Å². The maximum atomic E-state index is 11.2. The van der Waals surface area contributed by atoms with Gasteiger partial charge in [-0.1, -0.05) is 11.6 Å². The van der Waals surface area contributed by atoms with Crippen molar-refractivity contribution in [2.45, 2.75) is 0 Å². The van der Waals surface area contributed by atoms with E-state index in [-0.39, 0.29) is 16.3 Å². The summed E-state index contributed by atoms with van der Waals surface area (Å²) in [5, 5.41) is 19.2. The molecule has 0 amide bonds. The summed E-state index contributed by atoms with van der Waals surface area (Å²) >= 11 is 5.69. The maximum Gasteiger partial charge on any atom is 0.348 e. The van der Waals surface area contributed by atoms with Crippen molar-refractivity contribution in [2.24, 2.45) is 0 Å². The van der Waals surface area contributed by atoms with E-state index >= 15 is 0 Å². The van der Waals surface area contributed by atoms with Gasteiger partial charge in [0.15, 0.2) is 0 Å². The van der Waals surface area contributed by atoms with Crippen LogP contribution in [0.15, 0.2) is 23.8 Å². The normalized spacial score (nSPS) is 10.6. The van der Waals surface area contributed by atoms with Crippen LogP contribution in [-0.2, 0) is 9.53 Å². The number of esters is 1. The molecule has 0 unspecified atom stereocenters. The van der Waals surface area contributed by atoms with Gasteiger partial charge in [-0.15, -0.1) is 0 Å². The van der Waals surface area contributed by atoms with Crippen molar-refractivity contribution >= 4 is 29.3 Å². The number of rotatable bonds is 3. The van der Waals surface area contributed by atoms with E-state index in [4.69, 9.17) is 16.9 Å². The molecule has 0 radical (unpaired) electrons. The highest BCUT2D eigenvalue weighted by Gasteiger charge is 2.13. The summed E-state index contributed by atoms with van der Waals surface area (Å²) in [4.78, 5) is 21.1. The zero-order valence-corrected chi connectivity index (χ0v) is 9.97. The smallest absolute Gasteiger partial charge is 0.348 e. The lowest BCUT2D eigenvalue weighted by Gasteiger charge is -1.99. The topological polar surface area (TPSA) is 93.2 Å². The fourth-order valence-corrected chi connectivity index (χ4v) is 1.43. The molecule has 0 saturated heterocycles. The number of halogens is 1.